The van der Waals surface area contributed by atoms with Crippen LogP contribution in [0.15, 0.2) is 48.5 Å². The summed E-state index contributed by atoms with van der Waals surface area (Å²) in [5.74, 6) is 3.62. The number of likely N-dealkylation sites (tertiary alicyclic amines) is 1. The van der Waals surface area contributed by atoms with Crippen molar-refractivity contribution in [3.8, 4) is 11.1 Å². The molecule has 3 saturated carbocycles. The molecule has 0 radical (unpaired) electrons. The number of rotatable bonds is 7. The highest BCUT2D eigenvalue weighted by atomic mass is 16.2. The average Bonchev–Trinajstić information content (AvgIpc) is 2.76. The van der Waals surface area contributed by atoms with Gasteiger partial charge < -0.3 is 20.9 Å². The van der Waals surface area contributed by atoms with E-state index in [1.807, 2.05) is 41.3 Å². The number of nitrogen functional groups attached to an aromatic ring is 1. The van der Waals surface area contributed by atoms with E-state index in [0.29, 0.717) is 17.3 Å². The van der Waals surface area contributed by atoms with Crippen LogP contribution in [0.3, 0.4) is 0 Å². The molecule has 2 aromatic carbocycles. The highest BCUT2D eigenvalue weighted by Gasteiger charge is 2.38. The highest BCUT2D eigenvalue weighted by molar-refractivity contribution is 5.94. The van der Waals surface area contributed by atoms with Gasteiger partial charge in [-0.05, 0) is 86.7 Å². The second-order valence-electron chi connectivity index (χ2n) is 10.5. The number of benzene rings is 2. The third kappa shape index (κ3) is 4.78. The van der Waals surface area contributed by atoms with Gasteiger partial charge in [0.2, 0.25) is 0 Å². The summed E-state index contributed by atoms with van der Waals surface area (Å²) in [5.41, 5.74) is 9.57. The smallest absolute Gasteiger partial charge is 0.321 e. The fraction of sp³-hybridized carbons (Fsp3) is 0.519. The Morgan fingerprint density at radius 1 is 1.00 bits per heavy atom. The molecule has 0 spiro atoms. The van der Waals surface area contributed by atoms with E-state index in [2.05, 4.69) is 29.4 Å². The molecule has 3 aliphatic carbocycles. The number of anilines is 2. The van der Waals surface area contributed by atoms with Gasteiger partial charge in [0.15, 0.2) is 0 Å². The van der Waals surface area contributed by atoms with Crippen molar-refractivity contribution in [1.29, 1.82) is 0 Å². The standard InChI is InChI=1S/C27H36N4O/c1-30(10-9-19-11-20-13-21(12-19)14-20)16-22-17-31(18-22)27(32)29-26-15-24(7-8-25(26)28)23-5-3-2-4-6-23/h2-8,15,19-22H,9-14,16-18,28H2,1H3,(H,29,32). The Morgan fingerprint density at radius 2 is 1.72 bits per heavy atom. The lowest BCUT2D eigenvalue weighted by Gasteiger charge is -2.46. The molecule has 6 rings (SSSR count). The summed E-state index contributed by atoms with van der Waals surface area (Å²) < 4.78 is 0. The average molecular weight is 433 g/mol. The molecular formula is C27H36N4O. The van der Waals surface area contributed by atoms with Gasteiger partial charge in [0.25, 0.3) is 0 Å². The van der Waals surface area contributed by atoms with E-state index in [9.17, 15) is 4.79 Å². The maximum absolute atomic E-state index is 12.7. The Hall–Kier alpha value is -2.53. The summed E-state index contributed by atoms with van der Waals surface area (Å²) in [6.45, 7) is 3.91. The Morgan fingerprint density at radius 3 is 2.44 bits per heavy atom. The molecule has 5 nitrogen and oxygen atoms in total. The predicted octanol–water partition coefficient (Wildman–Crippen LogP) is 5.16. The van der Waals surface area contributed by atoms with Crippen molar-refractivity contribution in [2.75, 3.05) is 44.3 Å². The topological polar surface area (TPSA) is 61.6 Å². The minimum absolute atomic E-state index is 0.0535. The molecule has 0 atom stereocenters. The van der Waals surface area contributed by atoms with Gasteiger partial charge in [0, 0.05) is 25.6 Å². The number of hydrogen-bond acceptors (Lipinski definition) is 3. The Balaban J connectivity index is 1.06. The van der Waals surface area contributed by atoms with Crippen molar-refractivity contribution in [1.82, 2.24) is 9.80 Å². The third-order valence-corrected chi connectivity index (χ3v) is 7.80. The van der Waals surface area contributed by atoms with E-state index in [0.717, 1.165) is 48.5 Å². The predicted molar refractivity (Wildman–Crippen MR) is 131 cm³/mol. The number of nitrogens with one attached hydrogen (secondary N) is 1. The van der Waals surface area contributed by atoms with Crippen molar-refractivity contribution < 1.29 is 4.79 Å². The van der Waals surface area contributed by atoms with Gasteiger partial charge in [0.05, 0.1) is 11.4 Å². The molecule has 1 saturated heterocycles. The SMILES string of the molecule is CN(CCC1CC2CC(C1)C2)CC1CN(C(=O)Nc2cc(-c3ccccc3)ccc2N)C1. The number of fused-ring (bicyclic) bond motifs is 2. The van der Waals surface area contributed by atoms with E-state index >= 15 is 0 Å². The van der Waals surface area contributed by atoms with Gasteiger partial charge in [-0.1, -0.05) is 36.4 Å². The van der Waals surface area contributed by atoms with Gasteiger partial charge >= 0.3 is 6.03 Å². The molecule has 32 heavy (non-hydrogen) atoms. The first kappa shape index (κ1) is 21.3. The summed E-state index contributed by atoms with van der Waals surface area (Å²) in [6, 6.07) is 15.9. The van der Waals surface area contributed by atoms with Crippen LogP contribution in [0.1, 0.15) is 32.1 Å². The minimum Gasteiger partial charge on any atom is -0.397 e. The normalized spacial score (nSPS) is 24.7. The van der Waals surface area contributed by atoms with Crippen LogP contribution in [0, 0.1) is 23.7 Å². The first-order valence-electron chi connectivity index (χ1n) is 12.2. The number of hydrogen-bond donors (Lipinski definition) is 2. The molecule has 2 aromatic rings. The van der Waals surface area contributed by atoms with Crippen LogP contribution in [0.2, 0.25) is 0 Å². The molecule has 0 aromatic heterocycles. The monoisotopic (exact) mass is 432 g/mol. The fourth-order valence-corrected chi connectivity index (χ4v) is 5.99. The van der Waals surface area contributed by atoms with Crippen LogP contribution in [-0.2, 0) is 0 Å². The van der Waals surface area contributed by atoms with Crippen molar-refractivity contribution in [2.24, 2.45) is 23.7 Å². The zero-order valence-corrected chi connectivity index (χ0v) is 19.2. The Kier molecular flexibility index (Phi) is 6.09. The molecule has 3 N–H and O–H groups in total. The maximum Gasteiger partial charge on any atom is 0.321 e. The van der Waals surface area contributed by atoms with Crippen LogP contribution < -0.4 is 11.1 Å². The van der Waals surface area contributed by atoms with Gasteiger partial charge in [0.1, 0.15) is 0 Å². The maximum atomic E-state index is 12.7. The van der Waals surface area contributed by atoms with E-state index in [1.165, 1.54) is 38.6 Å². The van der Waals surface area contributed by atoms with Gasteiger partial charge in [-0.3, -0.25) is 0 Å². The number of urea groups is 1. The highest BCUT2D eigenvalue weighted by Crippen LogP contribution is 2.49. The molecule has 4 aliphatic rings. The first-order chi connectivity index (χ1) is 15.5. The number of carbonyl (C=O) groups excluding carboxylic acids is 1. The lowest BCUT2D eigenvalue weighted by Crippen LogP contribution is -2.54. The zero-order valence-electron chi connectivity index (χ0n) is 19.2. The van der Waals surface area contributed by atoms with Gasteiger partial charge in [-0.2, -0.15) is 0 Å². The first-order valence-corrected chi connectivity index (χ1v) is 12.2. The van der Waals surface area contributed by atoms with Crippen molar-refractivity contribution in [3.05, 3.63) is 48.5 Å². The van der Waals surface area contributed by atoms with E-state index in [1.54, 1.807) is 0 Å². The van der Waals surface area contributed by atoms with Gasteiger partial charge in [-0.15, -0.1) is 0 Å². The second kappa shape index (κ2) is 9.14. The lowest BCUT2D eigenvalue weighted by molar-refractivity contribution is 0.0553. The van der Waals surface area contributed by atoms with Crippen LogP contribution in [-0.4, -0.2) is 49.1 Å². The van der Waals surface area contributed by atoms with Crippen LogP contribution >= 0.6 is 0 Å². The number of nitrogens with two attached hydrogens (primary N) is 1. The Labute approximate surface area is 192 Å². The third-order valence-electron chi connectivity index (χ3n) is 7.80. The molecule has 1 heterocycles. The molecule has 4 fully saturated rings. The lowest BCUT2D eigenvalue weighted by atomic mass is 9.61. The van der Waals surface area contributed by atoms with Crippen LogP contribution in [0.5, 0.6) is 0 Å². The van der Waals surface area contributed by atoms with Crippen LogP contribution in [0.25, 0.3) is 11.1 Å². The van der Waals surface area contributed by atoms with E-state index < -0.39 is 0 Å². The Bertz CT molecular complexity index is 924. The largest absolute Gasteiger partial charge is 0.397 e. The van der Waals surface area contributed by atoms with Crippen molar-refractivity contribution >= 4 is 17.4 Å². The summed E-state index contributed by atoms with van der Waals surface area (Å²) in [4.78, 5) is 17.1. The fourth-order valence-electron chi connectivity index (χ4n) is 5.99. The summed E-state index contributed by atoms with van der Waals surface area (Å²) >= 11 is 0. The van der Waals surface area contributed by atoms with Crippen molar-refractivity contribution in [2.45, 2.75) is 32.1 Å². The van der Waals surface area contributed by atoms with E-state index in [-0.39, 0.29) is 6.03 Å². The quantitative estimate of drug-likeness (QED) is 0.594. The van der Waals surface area contributed by atoms with Gasteiger partial charge in [-0.25, -0.2) is 4.79 Å². The molecule has 2 amide bonds. The second-order valence-corrected chi connectivity index (χ2v) is 10.5. The molecule has 0 unspecified atom stereocenters. The molecule has 170 valence electrons. The molecule has 5 heteroatoms. The number of nitrogens with zero attached hydrogens (tertiary/aromatic N) is 2. The minimum atomic E-state index is -0.0535. The number of amides is 2. The van der Waals surface area contributed by atoms with E-state index in [4.69, 9.17) is 5.73 Å². The number of carbonyl (C=O) groups is 1. The van der Waals surface area contributed by atoms with Crippen LogP contribution in [0.4, 0.5) is 16.2 Å². The molecule has 1 aliphatic heterocycles. The zero-order chi connectivity index (χ0) is 22.1. The summed E-state index contributed by atoms with van der Waals surface area (Å²) in [6.07, 6.45) is 7.30. The summed E-state index contributed by atoms with van der Waals surface area (Å²) in [7, 11) is 2.24. The van der Waals surface area contributed by atoms with Crippen molar-refractivity contribution in [3.63, 3.8) is 0 Å². The molecular weight excluding hydrogens is 396 g/mol. The molecule has 2 bridgehead atoms. The summed E-state index contributed by atoms with van der Waals surface area (Å²) in [5, 5.41) is 3.02.